The number of amides is 2. The van der Waals surface area contributed by atoms with Gasteiger partial charge in [-0.2, -0.15) is 0 Å². The van der Waals surface area contributed by atoms with Gasteiger partial charge in [-0.05, 0) is 24.4 Å². The lowest BCUT2D eigenvalue weighted by molar-refractivity contribution is -0.131. The van der Waals surface area contributed by atoms with Gasteiger partial charge < -0.3 is 15.1 Å². The maximum atomic E-state index is 11.4. The van der Waals surface area contributed by atoms with E-state index in [9.17, 15) is 9.59 Å². The molecule has 2 rings (SSSR count). The van der Waals surface area contributed by atoms with Crippen LogP contribution in [0.2, 0.25) is 0 Å². The van der Waals surface area contributed by atoms with Crippen LogP contribution in [0.5, 0.6) is 0 Å². The van der Waals surface area contributed by atoms with Crippen molar-refractivity contribution in [2.45, 2.75) is 6.54 Å². The van der Waals surface area contributed by atoms with Gasteiger partial charge in [0.05, 0.1) is 12.8 Å². The Labute approximate surface area is 102 Å². The Hall–Kier alpha value is -2.02. The van der Waals surface area contributed by atoms with Gasteiger partial charge in [-0.1, -0.05) is 0 Å². The van der Waals surface area contributed by atoms with Crippen LogP contribution in [0.25, 0.3) is 0 Å². The number of hydrogen-bond donors (Lipinski definition) is 2. The van der Waals surface area contributed by atoms with E-state index in [0.717, 1.165) is 0 Å². The van der Waals surface area contributed by atoms with Gasteiger partial charge in [0.2, 0.25) is 11.8 Å². The summed E-state index contributed by atoms with van der Waals surface area (Å²) < 4.78 is 5.06. The number of aliphatic imine (C=N–C) groups is 1. The number of hydrogen-bond acceptors (Lipinski definition) is 5. The van der Waals surface area contributed by atoms with Crippen molar-refractivity contribution in [3.05, 3.63) is 24.2 Å². The highest BCUT2D eigenvalue weighted by Crippen LogP contribution is 2.03. The second kappa shape index (κ2) is 4.88. The van der Waals surface area contributed by atoms with Crippen LogP contribution in [-0.2, 0) is 16.1 Å². The molecule has 1 aliphatic rings. The highest BCUT2D eigenvalue weighted by atomic mass is 32.1. The van der Waals surface area contributed by atoms with E-state index in [-0.39, 0.29) is 11.7 Å². The van der Waals surface area contributed by atoms with Crippen molar-refractivity contribution in [2.24, 2.45) is 10.9 Å². The van der Waals surface area contributed by atoms with Crippen LogP contribution >= 0.6 is 12.2 Å². The standard InChI is InChI=1S/C10H9N3O3S/c14-8-7(9(15)13-10(17)12-8)5-11-4-6-2-1-3-16-6/h1-3,5,7H,4H2,(H2,12,13,14,15,17). The highest BCUT2D eigenvalue weighted by Gasteiger charge is 2.30. The first-order valence-electron chi connectivity index (χ1n) is 4.85. The Morgan fingerprint density at radius 2 is 2.12 bits per heavy atom. The fraction of sp³-hybridized carbons (Fsp3) is 0.200. The van der Waals surface area contributed by atoms with Gasteiger partial charge in [-0.25, -0.2) is 0 Å². The normalized spacial score (nSPS) is 17.3. The summed E-state index contributed by atoms with van der Waals surface area (Å²) in [4.78, 5) is 26.8. The van der Waals surface area contributed by atoms with Gasteiger partial charge >= 0.3 is 0 Å². The van der Waals surface area contributed by atoms with Crippen molar-refractivity contribution in [3.63, 3.8) is 0 Å². The Morgan fingerprint density at radius 3 is 2.71 bits per heavy atom. The molecule has 2 amide bonds. The van der Waals surface area contributed by atoms with Gasteiger partial charge in [0.15, 0.2) is 11.0 Å². The average Bonchev–Trinajstić information content (AvgIpc) is 2.74. The Balaban J connectivity index is 1.98. The molecule has 0 spiro atoms. The number of nitrogens with zero attached hydrogens (tertiary/aromatic N) is 1. The van der Waals surface area contributed by atoms with Crippen molar-refractivity contribution in [1.29, 1.82) is 0 Å². The number of furan rings is 1. The fourth-order valence-electron chi connectivity index (χ4n) is 1.32. The van der Waals surface area contributed by atoms with E-state index in [4.69, 9.17) is 4.42 Å². The average molecular weight is 251 g/mol. The van der Waals surface area contributed by atoms with Gasteiger partial charge in [0.1, 0.15) is 5.76 Å². The number of nitrogens with one attached hydrogen (secondary N) is 2. The second-order valence-corrected chi connectivity index (χ2v) is 3.76. The molecule has 0 saturated carbocycles. The number of rotatable bonds is 3. The maximum Gasteiger partial charge on any atom is 0.244 e. The summed E-state index contributed by atoms with van der Waals surface area (Å²) in [5.41, 5.74) is 0. The molecule has 0 bridgehead atoms. The van der Waals surface area contributed by atoms with Crippen molar-refractivity contribution < 1.29 is 14.0 Å². The lowest BCUT2D eigenvalue weighted by Gasteiger charge is -2.19. The molecule has 2 heterocycles. The summed E-state index contributed by atoms with van der Waals surface area (Å²) in [6.07, 6.45) is 2.82. The molecule has 2 N–H and O–H groups in total. The van der Waals surface area contributed by atoms with Crippen molar-refractivity contribution >= 4 is 35.4 Å². The van der Waals surface area contributed by atoms with Gasteiger partial charge in [-0.3, -0.25) is 14.6 Å². The Morgan fingerprint density at radius 1 is 1.41 bits per heavy atom. The van der Waals surface area contributed by atoms with E-state index >= 15 is 0 Å². The van der Waals surface area contributed by atoms with E-state index < -0.39 is 17.7 Å². The molecule has 0 aromatic carbocycles. The second-order valence-electron chi connectivity index (χ2n) is 3.35. The monoisotopic (exact) mass is 251 g/mol. The SMILES string of the molecule is O=C1NC(=S)NC(=O)C1C=NCc1ccco1. The highest BCUT2D eigenvalue weighted by molar-refractivity contribution is 7.80. The molecule has 0 radical (unpaired) electrons. The van der Waals surface area contributed by atoms with Crippen molar-refractivity contribution in [3.8, 4) is 0 Å². The summed E-state index contributed by atoms with van der Waals surface area (Å²) in [5, 5.41) is 4.72. The molecule has 88 valence electrons. The fourth-order valence-corrected chi connectivity index (χ4v) is 1.52. The molecule has 1 aromatic heterocycles. The zero-order valence-corrected chi connectivity index (χ0v) is 9.49. The molecule has 1 aliphatic heterocycles. The van der Waals surface area contributed by atoms with Crippen LogP contribution in [0, 0.1) is 5.92 Å². The first-order chi connectivity index (χ1) is 8.16. The molecule has 7 heteroatoms. The van der Waals surface area contributed by atoms with Gasteiger partial charge in [0, 0.05) is 6.21 Å². The van der Waals surface area contributed by atoms with Crippen LogP contribution in [0.3, 0.4) is 0 Å². The molecular formula is C10H9N3O3S. The topological polar surface area (TPSA) is 83.7 Å². The quantitative estimate of drug-likeness (QED) is 0.450. The molecule has 1 saturated heterocycles. The minimum atomic E-state index is -0.948. The molecule has 6 nitrogen and oxygen atoms in total. The van der Waals surface area contributed by atoms with Crippen molar-refractivity contribution in [1.82, 2.24) is 10.6 Å². The summed E-state index contributed by atoms with van der Waals surface area (Å²) in [6.45, 7) is 0.286. The first kappa shape index (κ1) is 11.5. The molecule has 0 unspecified atom stereocenters. The third-order valence-corrected chi connectivity index (χ3v) is 2.32. The molecule has 1 fully saturated rings. The third-order valence-electron chi connectivity index (χ3n) is 2.12. The number of thiocarbonyl (C=S) groups is 1. The number of carbonyl (C=O) groups is 2. The van der Waals surface area contributed by atoms with E-state index in [1.165, 1.54) is 12.5 Å². The zero-order valence-electron chi connectivity index (χ0n) is 8.67. The molecule has 17 heavy (non-hydrogen) atoms. The van der Waals surface area contributed by atoms with E-state index in [0.29, 0.717) is 5.76 Å². The van der Waals surface area contributed by atoms with Crippen LogP contribution in [0.1, 0.15) is 5.76 Å². The smallest absolute Gasteiger partial charge is 0.244 e. The van der Waals surface area contributed by atoms with E-state index in [1.54, 1.807) is 12.1 Å². The first-order valence-corrected chi connectivity index (χ1v) is 5.25. The van der Waals surface area contributed by atoms with Crippen molar-refractivity contribution in [2.75, 3.05) is 0 Å². The summed E-state index contributed by atoms with van der Waals surface area (Å²) >= 11 is 4.67. The Bertz CT molecular complexity index is 461. The van der Waals surface area contributed by atoms with Gasteiger partial charge in [0.25, 0.3) is 0 Å². The number of carbonyl (C=O) groups excluding carboxylic acids is 2. The predicted octanol–water partition coefficient (Wildman–Crippen LogP) is -0.00250. The minimum absolute atomic E-state index is 0.0238. The Kier molecular flexibility index (Phi) is 3.29. The third kappa shape index (κ3) is 2.76. The zero-order chi connectivity index (χ0) is 12.3. The maximum absolute atomic E-state index is 11.4. The van der Waals surface area contributed by atoms with Crippen LogP contribution in [-0.4, -0.2) is 23.1 Å². The van der Waals surface area contributed by atoms with E-state index in [1.807, 2.05) is 0 Å². The lowest BCUT2D eigenvalue weighted by Crippen LogP contribution is -2.56. The molecule has 0 atom stereocenters. The predicted molar refractivity (Wildman–Crippen MR) is 63.3 cm³/mol. The van der Waals surface area contributed by atoms with E-state index in [2.05, 4.69) is 27.8 Å². The summed E-state index contributed by atoms with van der Waals surface area (Å²) in [7, 11) is 0. The van der Waals surface area contributed by atoms with Crippen LogP contribution in [0.4, 0.5) is 0 Å². The summed E-state index contributed by atoms with van der Waals surface area (Å²) in [5.74, 6) is -1.23. The van der Waals surface area contributed by atoms with Crippen LogP contribution in [0.15, 0.2) is 27.8 Å². The molecule has 1 aromatic rings. The lowest BCUT2D eigenvalue weighted by atomic mass is 10.1. The minimum Gasteiger partial charge on any atom is -0.467 e. The summed E-state index contributed by atoms with van der Waals surface area (Å²) in [6, 6.07) is 3.50. The molecule has 0 aliphatic carbocycles. The van der Waals surface area contributed by atoms with Gasteiger partial charge in [-0.15, -0.1) is 0 Å². The van der Waals surface area contributed by atoms with Crippen LogP contribution < -0.4 is 10.6 Å². The largest absolute Gasteiger partial charge is 0.467 e. The molecular weight excluding hydrogens is 242 g/mol.